The van der Waals surface area contributed by atoms with E-state index in [1.807, 2.05) is 0 Å². The Morgan fingerprint density at radius 2 is 1.33 bits per heavy atom. The summed E-state index contributed by atoms with van der Waals surface area (Å²) in [4.78, 5) is 0. The van der Waals surface area contributed by atoms with Crippen LogP contribution >= 0.6 is 0 Å². The molecule has 2 aromatic rings. The second kappa shape index (κ2) is 7.67. The summed E-state index contributed by atoms with van der Waals surface area (Å²) in [6.45, 7) is 7.06. The Hall–Kier alpha value is -1.38. The van der Waals surface area contributed by atoms with Gasteiger partial charge in [0, 0.05) is 0 Å². The molecule has 0 amide bonds. The highest BCUT2D eigenvalue weighted by atomic mass is 28.3. The molecule has 0 saturated heterocycles. The molecule has 2 aromatic carbocycles. The molecular formula is C22H30OSi. The van der Waals surface area contributed by atoms with Crippen molar-refractivity contribution in [2.24, 2.45) is 11.8 Å². The zero-order valence-corrected chi connectivity index (χ0v) is 16.4. The third-order valence-corrected chi connectivity index (χ3v) is 8.42. The second-order valence-corrected chi connectivity index (χ2v) is 10.2. The predicted octanol–water partition coefficient (Wildman–Crippen LogP) is 4.15. The van der Waals surface area contributed by atoms with Crippen molar-refractivity contribution in [2.75, 3.05) is 0 Å². The van der Waals surface area contributed by atoms with Gasteiger partial charge in [0.25, 0.3) is 0 Å². The fourth-order valence-electron chi connectivity index (χ4n) is 3.90. The quantitative estimate of drug-likeness (QED) is 0.744. The van der Waals surface area contributed by atoms with E-state index in [0.29, 0.717) is 0 Å². The molecule has 0 spiro atoms. The summed E-state index contributed by atoms with van der Waals surface area (Å²) in [5.41, 5.74) is 0.0357. The molecule has 0 atom stereocenters. The van der Waals surface area contributed by atoms with Crippen LogP contribution < -0.4 is 10.4 Å². The van der Waals surface area contributed by atoms with Gasteiger partial charge < -0.3 is 4.43 Å². The van der Waals surface area contributed by atoms with Crippen molar-refractivity contribution in [1.82, 2.24) is 0 Å². The molecular weight excluding hydrogens is 308 g/mol. The molecule has 0 unspecified atom stereocenters. The van der Waals surface area contributed by atoms with Gasteiger partial charge in [-0.2, -0.15) is 0 Å². The zero-order valence-electron chi connectivity index (χ0n) is 15.2. The van der Waals surface area contributed by atoms with Gasteiger partial charge in [0.05, 0.1) is 5.60 Å². The summed E-state index contributed by atoms with van der Waals surface area (Å²) < 4.78 is 6.92. The van der Waals surface area contributed by atoms with Gasteiger partial charge in [0.2, 0.25) is 9.04 Å². The standard InChI is InChI=1S/C22H30OSi/c1-18(2)19-14-16-22(3,17-15-19)23-24(20-10-6-4-7-11-20)21-12-8-5-9-13-21/h4-13,18-19,24H,14-17H2,1-3H3. The molecule has 1 aliphatic rings. The van der Waals surface area contributed by atoms with E-state index in [9.17, 15) is 0 Å². The molecule has 128 valence electrons. The molecule has 0 aromatic heterocycles. The highest BCUT2D eigenvalue weighted by molar-refractivity contribution is 6.80. The largest absolute Gasteiger partial charge is 0.406 e. The van der Waals surface area contributed by atoms with E-state index in [-0.39, 0.29) is 5.60 Å². The normalized spacial score (nSPS) is 24.5. The lowest BCUT2D eigenvalue weighted by molar-refractivity contribution is 0.0263. The second-order valence-electron chi connectivity index (χ2n) is 7.85. The van der Waals surface area contributed by atoms with E-state index in [1.165, 1.54) is 36.1 Å². The molecule has 0 radical (unpaired) electrons. The summed E-state index contributed by atoms with van der Waals surface area (Å²) in [6.07, 6.45) is 5.00. The molecule has 1 nitrogen and oxygen atoms in total. The lowest BCUT2D eigenvalue weighted by Gasteiger charge is -2.41. The minimum atomic E-state index is -1.64. The molecule has 0 heterocycles. The SMILES string of the molecule is CC(C)C1CCC(C)(O[SiH](c2ccccc2)c2ccccc2)CC1. The minimum Gasteiger partial charge on any atom is -0.406 e. The molecule has 1 aliphatic carbocycles. The maximum Gasteiger partial charge on any atom is 0.240 e. The Morgan fingerprint density at radius 1 is 0.875 bits per heavy atom. The first kappa shape index (κ1) is 17.4. The van der Waals surface area contributed by atoms with Crippen LogP contribution in [0.1, 0.15) is 46.5 Å². The number of rotatable bonds is 5. The van der Waals surface area contributed by atoms with Crippen molar-refractivity contribution in [3.8, 4) is 0 Å². The third kappa shape index (κ3) is 4.17. The van der Waals surface area contributed by atoms with Gasteiger partial charge in [-0.25, -0.2) is 0 Å². The summed E-state index contributed by atoms with van der Waals surface area (Å²) >= 11 is 0. The molecule has 0 aliphatic heterocycles. The van der Waals surface area contributed by atoms with E-state index >= 15 is 0 Å². The predicted molar refractivity (Wildman–Crippen MR) is 106 cm³/mol. The van der Waals surface area contributed by atoms with Gasteiger partial charge in [-0.3, -0.25) is 0 Å². The van der Waals surface area contributed by atoms with Crippen molar-refractivity contribution in [1.29, 1.82) is 0 Å². The van der Waals surface area contributed by atoms with Crippen LogP contribution in [-0.4, -0.2) is 14.6 Å². The Bertz CT molecular complexity index is 575. The molecule has 24 heavy (non-hydrogen) atoms. The summed E-state index contributed by atoms with van der Waals surface area (Å²) in [5, 5.41) is 2.77. The van der Waals surface area contributed by atoms with Crippen molar-refractivity contribution < 1.29 is 4.43 Å². The first-order valence-corrected chi connectivity index (χ1v) is 11.0. The van der Waals surface area contributed by atoms with E-state index in [2.05, 4.69) is 81.4 Å². The fraction of sp³-hybridized carbons (Fsp3) is 0.455. The molecule has 2 heteroatoms. The molecule has 1 fully saturated rings. The van der Waals surface area contributed by atoms with Crippen LogP contribution in [0.25, 0.3) is 0 Å². The molecule has 1 saturated carbocycles. The van der Waals surface area contributed by atoms with Crippen LogP contribution in [0.5, 0.6) is 0 Å². The Kier molecular flexibility index (Phi) is 5.57. The van der Waals surface area contributed by atoms with Crippen molar-refractivity contribution >= 4 is 19.4 Å². The van der Waals surface area contributed by atoms with Crippen LogP contribution in [0.3, 0.4) is 0 Å². The fourth-order valence-corrected chi connectivity index (χ4v) is 6.51. The number of benzene rings is 2. The Labute approximate surface area is 148 Å². The van der Waals surface area contributed by atoms with Crippen LogP contribution in [0.4, 0.5) is 0 Å². The smallest absolute Gasteiger partial charge is 0.240 e. The summed E-state index contributed by atoms with van der Waals surface area (Å²) in [6, 6.07) is 21.7. The Balaban J connectivity index is 1.80. The van der Waals surface area contributed by atoms with Gasteiger partial charge >= 0.3 is 0 Å². The first-order chi connectivity index (χ1) is 11.6. The maximum absolute atomic E-state index is 6.92. The number of hydrogen-bond acceptors (Lipinski definition) is 1. The van der Waals surface area contributed by atoms with Gasteiger partial charge in [0.1, 0.15) is 0 Å². The van der Waals surface area contributed by atoms with E-state index < -0.39 is 9.04 Å². The van der Waals surface area contributed by atoms with Crippen LogP contribution in [0, 0.1) is 11.8 Å². The van der Waals surface area contributed by atoms with Gasteiger partial charge in [-0.15, -0.1) is 0 Å². The van der Waals surface area contributed by atoms with E-state index in [1.54, 1.807) is 0 Å². The van der Waals surface area contributed by atoms with Gasteiger partial charge in [0.15, 0.2) is 0 Å². The van der Waals surface area contributed by atoms with Crippen molar-refractivity contribution in [2.45, 2.75) is 52.1 Å². The number of hydrogen-bond donors (Lipinski definition) is 0. The van der Waals surface area contributed by atoms with Gasteiger partial charge in [-0.1, -0.05) is 74.5 Å². The lowest BCUT2D eigenvalue weighted by Crippen LogP contribution is -2.51. The average molecular weight is 339 g/mol. The highest BCUT2D eigenvalue weighted by Gasteiger charge is 2.36. The molecule has 0 bridgehead atoms. The van der Waals surface area contributed by atoms with E-state index in [4.69, 9.17) is 4.43 Å². The molecule has 3 rings (SSSR count). The van der Waals surface area contributed by atoms with Crippen LogP contribution in [0.15, 0.2) is 60.7 Å². The van der Waals surface area contributed by atoms with Crippen molar-refractivity contribution in [3.05, 3.63) is 60.7 Å². The third-order valence-electron chi connectivity index (χ3n) is 5.64. The average Bonchev–Trinajstić information content (AvgIpc) is 2.62. The van der Waals surface area contributed by atoms with Gasteiger partial charge in [-0.05, 0) is 54.8 Å². The lowest BCUT2D eigenvalue weighted by atomic mass is 9.75. The molecule has 0 N–H and O–H groups in total. The zero-order chi connectivity index (χ0) is 17.0. The summed E-state index contributed by atoms with van der Waals surface area (Å²) in [7, 11) is -1.64. The topological polar surface area (TPSA) is 9.23 Å². The van der Waals surface area contributed by atoms with Crippen LogP contribution in [-0.2, 0) is 4.43 Å². The van der Waals surface area contributed by atoms with Crippen LogP contribution in [0.2, 0.25) is 0 Å². The van der Waals surface area contributed by atoms with Crippen molar-refractivity contribution in [3.63, 3.8) is 0 Å². The monoisotopic (exact) mass is 338 g/mol. The Morgan fingerprint density at radius 3 is 1.75 bits per heavy atom. The highest BCUT2D eigenvalue weighted by Crippen LogP contribution is 2.38. The maximum atomic E-state index is 6.92. The first-order valence-electron chi connectivity index (χ1n) is 9.35. The minimum absolute atomic E-state index is 0.0357. The van der Waals surface area contributed by atoms with E-state index in [0.717, 1.165) is 11.8 Å². The summed E-state index contributed by atoms with van der Waals surface area (Å²) in [5.74, 6) is 1.67.